The molecule has 0 bridgehead atoms. The Hall–Kier alpha value is -1.85. The van der Waals surface area contributed by atoms with E-state index < -0.39 is 5.82 Å². The molecular formula is C13H8ClFN2OS. The zero-order chi connectivity index (χ0) is 13.4. The number of benzene rings is 1. The van der Waals surface area contributed by atoms with E-state index in [1.54, 1.807) is 6.07 Å². The normalized spacial score (nSPS) is 10.8. The smallest absolute Gasteiger partial charge is 0.231 e. The van der Waals surface area contributed by atoms with Gasteiger partial charge >= 0.3 is 0 Å². The number of halogens is 2. The van der Waals surface area contributed by atoms with Gasteiger partial charge in [-0.2, -0.15) is 0 Å². The molecule has 96 valence electrons. The van der Waals surface area contributed by atoms with Crippen LogP contribution in [0.4, 0.5) is 10.3 Å². The predicted octanol–water partition coefficient (Wildman–Crippen LogP) is 4.44. The first-order valence-electron chi connectivity index (χ1n) is 5.41. The summed E-state index contributed by atoms with van der Waals surface area (Å²) in [5.74, 6) is -0.180. The summed E-state index contributed by atoms with van der Waals surface area (Å²) in [6, 6.07) is 7.94. The fourth-order valence-electron chi connectivity index (χ4n) is 1.83. The topological polar surface area (TPSA) is 52.0 Å². The molecule has 3 aromatic rings. The molecule has 0 saturated carbocycles. The summed E-state index contributed by atoms with van der Waals surface area (Å²) in [6.45, 7) is 0. The van der Waals surface area contributed by atoms with Gasteiger partial charge in [0.05, 0.1) is 10.6 Å². The number of nitrogens with two attached hydrogens (primary N) is 1. The van der Waals surface area contributed by atoms with E-state index in [1.807, 2.05) is 17.5 Å². The van der Waals surface area contributed by atoms with Crippen LogP contribution >= 0.6 is 22.9 Å². The number of nitrogens with zero attached hydrogens (tertiary/aromatic N) is 1. The molecule has 2 heterocycles. The van der Waals surface area contributed by atoms with Gasteiger partial charge in [0, 0.05) is 10.4 Å². The number of rotatable bonds is 2. The Kier molecular flexibility index (Phi) is 3.00. The third-order valence-corrected chi connectivity index (χ3v) is 3.87. The van der Waals surface area contributed by atoms with E-state index in [2.05, 4.69) is 5.16 Å². The summed E-state index contributed by atoms with van der Waals surface area (Å²) < 4.78 is 18.1. The third kappa shape index (κ3) is 2.11. The van der Waals surface area contributed by atoms with E-state index in [0.717, 1.165) is 4.88 Å². The van der Waals surface area contributed by atoms with Gasteiger partial charge < -0.3 is 10.3 Å². The van der Waals surface area contributed by atoms with Gasteiger partial charge in [0.15, 0.2) is 0 Å². The highest BCUT2D eigenvalue weighted by Crippen LogP contribution is 2.40. The predicted molar refractivity (Wildman–Crippen MR) is 74.6 cm³/mol. The van der Waals surface area contributed by atoms with E-state index in [-0.39, 0.29) is 10.9 Å². The Morgan fingerprint density at radius 2 is 2.16 bits per heavy atom. The van der Waals surface area contributed by atoms with Crippen LogP contribution in [0.1, 0.15) is 0 Å². The van der Waals surface area contributed by atoms with Crippen molar-refractivity contribution in [2.24, 2.45) is 0 Å². The SMILES string of the molecule is Nc1onc(-c2ccc(F)cc2Cl)c1-c1cccs1. The molecule has 19 heavy (non-hydrogen) atoms. The summed E-state index contributed by atoms with van der Waals surface area (Å²) in [6.07, 6.45) is 0. The molecule has 0 aliphatic carbocycles. The number of aromatic nitrogens is 1. The Labute approximate surface area is 117 Å². The lowest BCUT2D eigenvalue weighted by Gasteiger charge is -2.03. The highest BCUT2D eigenvalue weighted by Gasteiger charge is 2.20. The Balaban J connectivity index is 2.21. The number of anilines is 1. The van der Waals surface area contributed by atoms with Crippen LogP contribution in [0.3, 0.4) is 0 Å². The van der Waals surface area contributed by atoms with Crippen LogP contribution in [-0.4, -0.2) is 5.16 Å². The van der Waals surface area contributed by atoms with Crippen LogP contribution in [0.2, 0.25) is 5.02 Å². The van der Waals surface area contributed by atoms with Gasteiger partial charge in [-0.15, -0.1) is 11.3 Å². The van der Waals surface area contributed by atoms with Gasteiger partial charge in [-0.1, -0.05) is 22.8 Å². The van der Waals surface area contributed by atoms with Gasteiger partial charge in [-0.25, -0.2) is 4.39 Å². The van der Waals surface area contributed by atoms with E-state index in [1.165, 1.54) is 23.5 Å². The lowest BCUT2D eigenvalue weighted by atomic mass is 10.1. The molecule has 2 N–H and O–H groups in total. The molecule has 0 saturated heterocycles. The number of hydrogen-bond donors (Lipinski definition) is 1. The van der Waals surface area contributed by atoms with Crippen molar-refractivity contribution in [3.05, 3.63) is 46.6 Å². The molecule has 0 aliphatic heterocycles. The van der Waals surface area contributed by atoms with E-state index >= 15 is 0 Å². The Bertz CT molecular complexity index is 724. The second kappa shape index (κ2) is 4.68. The molecule has 0 aliphatic rings. The molecule has 0 amide bonds. The zero-order valence-corrected chi connectivity index (χ0v) is 11.1. The molecule has 0 spiro atoms. The maximum absolute atomic E-state index is 13.1. The quantitative estimate of drug-likeness (QED) is 0.760. The largest absolute Gasteiger partial charge is 0.367 e. The third-order valence-electron chi connectivity index (χ3n) is 2.67. The van der Waals surface area contributed by atoms with Gasteiger partial charge in [0.2, 0.25) is 5.88 Å². The average Bonchev–Trinajstić information content (AvgIpc) is 2.98. The molecule has 3 rings (SSSR count). The van der Waals surface area contributed by atoms with E-state index in [0.29, 0.717) is 16.8 Å². The van der Waals surface area contributed by atoms with Crippen LogP contribution < -0.4 is 5.73 Å². The molecule has 0 unspecified atom stereocenters. The standard InChI is InChI=1S/C13H8ClFN2OS/c14-9-6-7(15)3-4-8(9)12-11(13(16)18-17-12)10-2-1-5-19-10/h1-6H,16H2. The summed E-state index contributed by atoms with van der Waals surface area (Å²) >= 11 is 7.56. The summed E-state index contributed by atoms with van der Waals surface area (Å²) in [7, 11) is 0. The second-order valence-electron chi connectivity index (χ2n) is 3.87. The lowest BCUT2D eigenvalue weighted by molar-refractivity contribution is 0.439. The fourth-order valence-corrected chi connectivity index (χ4v) is 2.86. The van der Waals surface area contributed by atoms with Gasteiger partial charge in [0.25, 0.3) is 0 Å². The first kappa shape index (κ1) is 12.2. The van der Waals surface area contributed by atoms with Crippen LogP contribution in [0.25, 0.3) is 21.7 Å². The van der Waals surface area contributed by atoms with Crippen molar-refractivity contribution in [3.8, 4) is 21.7 Å². The zero-order valence-electron chi connectivity index (χ0n) is 9.56. The van der Waals surface area contributed by atoms with Crippen molar-refractivity contribution in [2.45, 2.75) is 0 Å². The monoisotopic (exact) mass is 294 g/mol. The Morgan fingerprint density at radius 3 is 2.84 bits per heavy atom. The Morgan fingerprint density at radius 1 is 1.32 bits per heavy atom. The lowest BCUT2D eigenvalue weighted by Crippen LogP contribution is -1.87. The minimum absolute atomic E-state index is 0.220. The van der Waals surface area contributed by atoms with Crippen LogP contribution in [0.5, 0.6) is 0 Å². The summed E-state index contributed by atoms with van der Waals surface area (Å²) in [5, 5.41) is 6.13. The highest BCUT2D eigenvalue weighted by molar-refractivity contribution is 7.13. The van der Waals surface area contributed by atoms with Crippen LogP contribution in [0.15, 0.2) is 40.2 Å². The molecular weight excluding hydrogens is 287 g/mol. The maximum Gasteiger partial charge on any atom is 0.231 e. The molecule has 2 aromatic heterocycles. The van der Waals surface area contributed by atoms with Gasteiger partial charge in [0.1, 0.15) is 11.5 Å². The van der Waals surface area contributed by atoms with Crippen molar-refractivity contribution in [1.29, 1.82) is 0 Å². The molecule has 6 heteroatoms. The van der Waals surface area contributed by atoms with Crippen molar-refractivity contribution in [3.63, 3.8) is 0 Å². The first-order chi connectivity index (χ1) is 9.16. The second-order valence-corrected chi connectivity index (χ2v) is 5.23. The number of nitrogen functional groups attached to an aromatic ring is 1. The summed E-state index contributed by atoms with van der Waals surface area (Å²) in [4.78, 5) is 0.925. The van der Waals surface area contributed by atoms with E-state index in [9.17, 15) is 4.39 Å². The highest BCUT2D eigenvalue weighted by atomic mass is 35.5. The average molecular weight is 295 g/mol. The number of hydrogen-bond acceptors (Lipinski definition) is 4. The maximum atomic E-state index is 13.1. The number of thiophene rings is 1. The molecule has 1 aromatic carbocycles. The first-order valence-corrected chi connectivity index (χ1v) is 6.67. The van der Waals surface area contributed by atoms with E-state index in [4.69, 9.17) is 21.9 Å². The minimum atomic E-state index is -0.400. The fraction of sp³-hybridized carbons (Fsp3) is 0. The minimum Gasteiger partial charge on any atom is -0.367 e. The molecule has 0 atom stereocenters. The summed E-state index contributed by atoms with van der Waals surface area (Å²) in [5.41, 5.74) is 7.60. The van der Waals surface area contributed by atoms with Gasteiger partial charge in [-0.05, 0) is 29.6 Å². The molecule has 0 fully saturated rings. The van der Waals surface area contributed by atoms with Crippen LogP contribution in [0, 0.1) is 5.82 Å². The van der Waals surface area contributed by atoms with Crippen molar-refractivity contribution < 1.29 is 8.91 Å². The van der Waals surface area contributed by atoms with Gasteiger partial charge in [-0.3, -0.25) is 0 Å². The van der Waals surface area contributed by atoms with Crippen LogP contribution in [-0.2, 0) is 0 Å². The molecule has 0 radical (unpaired) electrons. The molecule has 3 nitrogen and oxygen atoms in total. The van der Waals surface area contributed by atoms with Crippen molar-refractivity contribution in [1.82, 2.24) is 5.16 Å². The van der Waals surface area contributed by atoms with Crippen molar-refractivity contribution >= 4 is 28.8 Å². The van der Waals surface area contributed by atoms with Crippen molar-refractivity contribution in [2.75, 3.05) is 5.73 Å².